The molecule has 0 aromatic heterocycles. The van der Waals surface area contributed by atoms with Gasteiger partial charge < -0.3 is 10.6 Å². The zero-order chi connectivity index (χ0) is 12.4. The lowest BCUT2D eigenvalue weighted by Crippen LogP contribution is -2.42. The van der Waals surface area contributed by atoms with Crippen LogP contribution in [0, 0.1) is 0 Å². The topological polar surface area (TPSA) is 41.6 Å². The number of halogens is 1. The third-order valence-corrected chi connectivity index (χ3v) is 3.88. The van der Waals surface area contributed by atoms with E-state index >= 15 is 0 Å². The molecule has 2 rings (SSSR count). The number of aliphatic imine (C=N–C) groups is 1. The van der Waals surface area contributed by atoms with E-state index in [0.29, 0.717) is 12.0 Å². The maximum Gasteiger partial charge on any atom is 0.192 e. The fourth-order valence-electron chi connectivity index (χ4n) is 2.19. The fourth-order valence-corrected chi connectivity index (χ4v) is 2.45. The average molecular weight is 296 g/mol. The molecular formula is C13H18BrN3. The second-order valence-corrected chi connectivity index (χ2v) is 5.35. The minimum atomic E-state index is 0.290. The van der Waals surface area contributed by atoms with Crippen molar-refractivity contribution in [3.63, 3.8) is 0 Å². The first-order chi connectivity index (χ1) is 8.13. The van der Waals surface area contributed by atoms with Crippen LogP contribution in [0.25, 0.3) is 0 Å². The summed E-state index contributed by atoms with van der Waals surface area (Å²) in [5, 5.41) is 0. The van der Waals surface area contributed by atoms with Crippen molar-refractivity contribution in [1.82, 2.24) is 4.90 Å². The molecule has 0 bridgehead atoms. The molecule has 1 heterocycles. The molecule has 4 heteroatoms. The van der Waals surface area contributed by atoms with E-state index in [1.165, 1.54) is 5.56 Å². The van der Waals surface area contributed by atoms with Crippen molar-refractivity contribution < 1.29 is 0 Å². The Kier molecular flexibility index (Phi) is 3.72. The van der Waals surface area contributed by atoms with Gasteiger partial charge in [-0.3, -0.25) is 4.99 Å². The summed E-state index contributed by atoms with van der Waals surface area (Å²) in [6.07, 6.45) is 1.07. The Morgan fingerprint density at radius 3 is 2.71 bits per heavy atom. The first kappa shape index (κ1) is 12.4. The highest BCUT2D eigenvalue weighted by Crippen LogP contribution is 2.29. The van der Waals surface area contributed by atoms with Crippen molar-refractivity contribution in [2.75, 3.05) is 6.54 Å². The molecule has 0 radical (unpaired) electrons. The quantitative estimate of drug-likeness (QED) is 0.932. The van der Waals surface area contributed by atoms with Crippen molar-refractivity contribution in [3.05, 3.63) is 34.3 Å². The molecule has 0 saturated heterocycles. The summed E-state index contributed by atoms with van der Waals surface area (Å²) in [7, 11) is 0. The molecule has 92 valence electrons. The largest absolute Gasteiger partial charge is 0.370 e. The summed E-state index contributed by atoms with van der Waals surface area (Å²) < 4.78 is 1.10. The molecule has 0 saturated carbocycles. The summed E-state index contributed by atoms with van der Waals surface area (Å²) in [5.41, 5.74) is 7.26. The molecule has 2 N–H and O–H groups in total. The molecule has 1 aliphatic rings. The van der Waals surface area contributed by atoms with Gasteiger partial charge in [0.05, 0.1) is 12.6 Å². The Hall–Kier alpha value is -1.03. The van der Waals surface area contributed by atoms with Crippen LogP contribution in [-0.2, 0) is 0 Å². The van der Waals surface area contributed by atoms with Gasteiger partial charge in [-0.25, -0.2) is 0 Å². The van der Waals surface area contributed by atoms with Crippen molar-refractivity contribution in [1.29, 1.82) is 0 Å². The molecule has 1 aromatic rings. The molecule has 2 atom stereocenters. The number of nitrogens with zero attached hydrogens (tertiary/aromatic N) is 2. The summed E-state index contributed by atoms with van der Waals surface area (Å²) >= 11 is 3.46. The number of hydrogen-bond donors (Lipinski definition) is 1. The number of benzene rings is 1. The van der Waals surface area contributed by atoms with Gasteiger partial charge in [0.2, 0.25) is 0 Å². The first-order valence-electron chi connectivity index (χ1n) is 5.97. The van der Waals surface area contributed by atoms with Gasteiger partial charge >= 0.3 is 0 Å². The summed E-state index contributed by atoms with van der Waals surface area (Å²) in [4.78, 5) is 6.60. The highest BCUT2D eigenvalue weighted by molar-refractivity contribution is 9.10. The predicted octanol–water partition coefficient (Wildman–Crippen LogP) is 2.92. The molecule has 0 spiro atoms. The van der Waals surface area contributed by atoms with E-state index in [2.05, 4.69) is 63.9 Å². The lowest BCUT2D eigenvalue weighted by molar-refractivity contribution is 0.268. The van der Waals surface area contributed by atoms with Crippen molar-refractivity contribution in [2.24, 2.45) is 10.7 Å². The molecule has 0 amide bonds. The van der Waals surface area contributed by atoms with Gasteiger partial charge in [-0.15, -0.1) is 0 Å². The maximum atomic E-state index is 5.98. The SMILES string of the molecule is CCC(C)N1C(N)=NCC1c1ccc(Br)cc1. The summed E-state index contributed by atoms with van der Waals surface area (Å²) in [6, 6.07) is 9.13. The van der Waals surface area contributed by atoms with Gasteiger partial charge in [-0.05, 0) is 31.0 Å². The standard InChI is InChI=1S/C13H18BrN3/c1-3-9(2)17-12(8-16-13(17)15)10-4-6-11(14)7-5-10/h4-7,9,12H,3,8H2,1-2H3,(H2,15,16). The molecule has 0 aliphatic carbocycles. The van der Waals surface area contributed by atoms with Crippen LogP contribution in [-0.4, -0.2) is 23.4 Å². The monoisotopic (exact) mass is 295 g/mol. The van der Waals surface area contributed by atoms with Crippen LogP contribution in [0.1, 0.15) is 31.9 Å². The third-order valence-electron chi connectivity index (χ3n) is 3.35. The van der Waals surface area contributed by atoms with Gasteiger partial charge in [-0.1, -0.05) is 35.0 Å². The van der Waals surface area contributed by atoms with E-state index in [1.54, 1.807) is 0 Å². The van der Waals surface area contributed by atoms with E-state index in [-0.39, 0.29) is 6.04 Å². The normalized spacial score (nSPS) is 21.5. The van der Waals surface area contributed by atoms with E-state index < -0.39 is 0 Å². The smallest absolute Gasteiger partial charge is 0.192 e. The Morgan fingerprint density at radius 1 is 1.47 bits per heavy atom. The number of rotatable bonds is 3. The molecule has 3 nitrogen and oxygen atoms in total. The zero-order valence-electron chi connectivity index (χ0n) is 10.2. The number of hydrogen-bond acceptors (Lipinski definition) is 3. The maximum absolute atomic E-state index is 5.98. The second-order valence-electron chi connectivity index (χ2n) is 4.43. The van der Waals surface area contributed by atoms with Crippen LogP contribution < -0.4 is 5.73 Å². The van der Waals surface area contributed by atoms with E-state index in [1.807, 2.05) is 0 Å². The molecular weight excluding hydrogens is 278 g/mol. The van der Waals surface area contributed by atoms with Crippen molar-refractivity contribution >= 4 is 21.9 Å². The van der Waals surface area contributed by atoms with Gasteiger partial charge in [-0.2, -0.15) is 0 Å². The Balaban J connectivity index is 2.24. The van der Waals surface area contributed by atoms with Gasteiger partial charge in [0.1, 0.15) is 0 Å². The van der Waals surface area contributed by atoms with Gasteiger partial charge in [0.15, 0.2) is 5.96 Å². The molecule has 2 unspecified atom stereocenters. The second kappa shape index (κ2) is 5.08. The van der Waals surface area contributed by atoms with Crippen LogP contribution in [0.15, 0.2) is 33.7 Å². The van der Waals surface area contributed by atoms with E-state index in [4.69, 9.17) is 5.73 Å². The molecule has 17 heavy (non-hydrogen) atoms. The van der Waals surface area contributed by atoms with Crippen LogP contribution in [0.2, 0.25) is 0 Å². The van der Waals surface area contributed by atoms with Crippen LogP contribution >= 0.6 is 15.9 Å². The van der Waals surface area contributed by atoms with Gasteiger partial charge in [0.25, 0.3) is 0 Å². The highest BCUT2D eigenvalue weighted by atomic mass is 79.9. The number of nitrogens with two attached hydrogens (primary N) is 1. The average Bonchev–Trinajstić information content (AvgIpc) is 2.71. The lowest BCUT2D eigenvalue weighted by atomic mass is 10.0. The Morgan fingerprint density at radius 2 is 2.12 bits per heavy atom. The number of guanidine groups is 1. The van der Waals surface area contributed by atoms with Crippen LogP contribution in [0.5, 0.6) is 0 Å². The molecule has 0 fully saturated rings. The Labute approximate surface area is 111 Å². The highest BCUT2D eigenvalue weighted by Gasteiger charge is 2.30. The lowest BCUT2D eigenvalue weighted by Gasteiger charge is -2.32. The van der Waals surface area contributed by atoms with Gasteiger partial charge in [0, 0.05) is 10.5 Å². The summed E-state index contributed by atoms with van der Waals surface area (Å²) in [6.45, 7) is 5.13. The third kappa shape index (κ3) is 2.46. The molecule has 1 aliphatic heterocycles. The van der Waals surface area contributed by atoms with E-state index in [9.17, 15) is 0 Å². The van der Waals surface area contributed by atoms with Crippen molar-refractivity contribution in [3.8, 4) is 0 Å². The fraction of sp³-hybridized carbons (Fsp3) is 0.462. The minimum absolute atomic E-state index is 0.290. The van der Waals surface area contributed by atoms with Crippen molar-refractivity contribution in [2.45, 2.75) is 32.4 Å². The van der Waals surface area contributed by atoms with E-state index in [0.717, 1.165) is 17.4 Å². The Bertz CT molecular complexity index is 413. The summed E-state index contributed by atoms with van der Waals surface area (Å²) in [5.74, 6) is 0.673. The van der Waals surface area contributed by atoms with Crippen LogP contribution in [0.4, 0.5) is 0 Å². The van der Waals surface area contributed by atoms with Crippen LogP contribution in [0.3, 0.4) is 0 Å². The molecule has 1 aromatic carbocycles. The predicted molar refractivity (Wildman–Crippen MR) is 75.0 cm³/mol. The first-order valence-corrected chi connectivity index (χ1v) is 6.76. The zero-order valence-corrected chi connectivity index (χ0v) is 11.8. The minimum Gasteiger partial charge on any atom is -0.370 e.